The van der Waals surface area contributed by atoms with Gasteiger partial charge in [-0.05, 0) is 37.5 Å². The summed E-state index contributed by atoms with van der Waals surface area (Å²) in [4.78, 5) is 27.1. The summed E-state index contributed by atoms with van der Waals surface area (Å²) in [5.74, 6) is -0.00587. The highest BCUT2D eigenvalue weighted by Crippen LogP contribution is 2.23. The molecule has 0 saturated heterocycles. The molecule has 2 N–H and O–H groups in total. The Morgan fingerprint density at radius 2 is 1.86 bits per heavy atom. The molecule has 2 aromatic carbocycles. The van der Waals surface area contributed by atoms with Gasteiger partial charge in [0.05, 0.1) is 20.1 Å². The highest BCUT2D eigenvalue weighted by molar-refractivity contribution is 7.18. The maximum atomic E-state index is 11.9. The van der Waals surface area contributed by atoms with E-state index in [9.17, 15) is 14.9 Å². The fourth-order valence-electron chi connectivity index (χ4n) is 2.86. The van der Waals surface area contributed by atoms with Gasteiger partial charge in [-0.1, -0.05) is 24.3 Å². The van der Waals surface area contributed by atoms with Crippen molar-refractivity contribution in [3.05, 3.63) is 63.7 Å². The molecule has 1 heterocycles. The van der Waals surface area contributed by atoms with Crippen molar-refractivity contribution >= 4 is 38.8 Å². The molecular weight excluding hydrogens is 376 g/mol. The van der Waals surface area contributed by atoms with Crippen LogP contribution in [0, 0.1) is 10.1 Å². The molecule has 0 atom stereocenters. The molecule has 0 aliphatic carbocycles. The number of aromatic nitrogens is 1. The van der Waals surface area contributed by atoms with Crippen molar-refractivity contribution in [2.45, 2.75) is 25.7 Å². The molecule has 0 radical (unpaired) electrons. The van der Waals surface area contributed by atoms with Crippen molar-refractivity contribution in [2.24, 2.45) is 0 Å². The number of carbonyl (C=O) groups excluding carboxylic acids is 1. The Hall–Kier alpha value is -3.00. The molecule has 0 aliphatic heterocycles. The highest BCUT2D eigenvalue weighted by Gasteiger charge is 2.11. The molecule has 8 heteroatoms. The van der Waals surface area contributed by atoms with Crippen molar-refractivity contribution in [3.8, 4) is 0 Å². The molecular formula is C20H22N4O3S. The number of nitro benzene ring substituents is 1. The van der Waals surface area contributed by atoms with Crippen LogP contribution in [0.5, 0.6) is 0 Å². The maximum absolute atomic E-state index is 11.9. The molecule has 0 aliphatic rings. The van der Waals surface area contributed by atoms with Gasteiger partial charge in [-0.3, -0.25) is 14.9 Å². The lowest BCUT2D eigenvalue weighted by atomic mass is 10.2. The van der Waals surface area contributed by atoms with Gasteiger partial charge < -0.3 is 10.6 Å². The molecule has 3 aromatic rings. The van der Waals surface area contributed by atoms with E-state index in [0.717, 1.165) is 29.8 Å². The predicted molar refractivity (Wildman–Crippen MR) is 112 cm³/mol. The Morgan fingerprint density at radius 3 is 2.68 bits per heavy atom. The van der Waals surface area contributed by atoms with Crippen LogP contribution in [0.25, 0.3) is 10.2 Å². The van der Waals surface area contributed by atoms with Crippen molar-refractivity contribution < 1.29 is 9.72 Å². The van der Waals surface area contributed by atoms with E-state index >= 15 is 0 Å². The largest absolute Gasteiger partial charge is 0.378 e. The molecule has 1 amide bonds. The van der Waals surface area contributed by atoms with Crippen LogP contribution in [-0.2, 0) is 11.2 Å². The average molecular weight is 398 g/mol. The standard InChI is InChI=1S/C20H22N4O3S/c25-19(22-14-13-21-15-7-1-3-9-17(15)24(26)27)11-5-6-12-20-23-16-8-2-4-10-18(16)28-20/h1-4,7-10,21H,5-6,11-14H2,(H,22,25). The SMILES string of the molecule is O=C(CCCCc1nc2ccccc2s1)NCCNc1ccccc1[N+](=O)[O-]. The van der Waals surface area contributed by atoms with Gasteiger partial charge in [0.2, 0.25) is 5.91 Å². The third-order valence-corrected chi connectivity index (χ3v) is 5.34. The van der Waals surface area contributed by atoms with Gasteiger partial charge in [0.1, 0.15) is 5.69 Å². The minimum absolute atomic E-state index is 0.00587. The number of amides is 1. The number of aryl methyl sites for hydroxylation is 1. The van der Waals surface area contributed by atoms with Crippen LogP contribution in [0.3, 0.4) is 0 Å². The first kappa shape index (κ1) is 19.8. The van der Waals surface area contributed by atoms with Crippen molar-refractivity contribution in [3.63, 3.8) is 0 Å². The lowest BCUT2D eigenvalue weighted by molar-refractivity contribution is -0.384. The van der Waals surface area contributed by atoms with Gasteiger partial charge >= 0.3 is 0 Å². The second kappa shape index (κ2) is 9.80. The number of para-hydroxylation sites is 3. The number of fused-ring (bicyclic) bond motifs is 1. The first-order chi connectivity index (χ1) is 13.6. The zero-order valence-electron chi connectivity index (χ0n) is 15.4. The number of thiazole rings is 1. The minimum Gasteiger partial charge on any atom is -0.378 e. The quantitative estimate of drug-likeness (QED) is 0.304. The smallest absolute Gasteiger partial charge is 0.292 e. The summed E-state index contributed by atoms with van der Waals surface area (Å²) in [6, 6.07) is 14.6. The van der Waals surface area contributed by atoms with Gasteiger partial charge in [-0.2, -0.15) is 0 Å². The number of unbranched alkanes of at least 4 members (excludes halogenated alkanes) is 1. The topological polar surface area (TPSA) is 97.2 Å². The number of hydrogen-bond donors (Lipinski definition) is 2. The molecule has 28 heavy (non-hydrogen) atoms. The Kier molecular flexibility index (Phi) is 6.91. The number of carbonyl (C=O) groups is 1. The van der Waals surface area contributed by atoms with E-state index in [-0.39, 0.29) is 11.6 Å². The van der Waals surface area contributed by atoms with E-state index in [2.05, 4.69) is 21.7 Å². The van der Waals surface area contributed by atoms with Crippen LogP contribution in [-0.4, -0.2) is 28.9 Å². The van der Waals surface area contributed by atoms with Gasteiger partial charge in [0.25, 0.3) is 5.69 Å². The number of anilines is 1. The van der Waals surface area contributed by atoms with Crippen LogP contribution < -0.4 is 10.6 Å². The van der Waals surface area contributed by atoms with E-state index in [4.69, 9.17) is 0 Å². The monoisotopic (exact) mass is 398 g/mol. The lowest BCUT2D eigenvalue weighted by Crippen LogP contribution is -2.28. The Bertz CT molecular complexity index is 924. The number of nitrogens with zero attached hydrogens (tertiary/aromatic N) is 2. The van der Waals surface area contributed by atoms with E-state index in [1.165, 1.54) is 10.8 Å². The Labute approximate surface area is 166 Å². The fourth-order valence-corrected chi connectivity index (χ4v) is 3.87. The maximum Gasteiger partial charge on any atom is 0.292 e. The minimum atomic E-state index is -0.424. The summed E-state index contributed by atoms with van der Waals surface area (Å²) in [6.07, 6.45) is 3.07. The second-order valence-corrected chi connectivity index (χ2v) is 7.45. The number of nitro groups is 1. The molecule has 1 aromatic heterocycles. The van der Waals surface area contributed by atoms with Crippen molar-refractivity contribution in [1.29, 1.82) is 0 Å². The van der Waals surface area contributed by atoms with Gasteiger partial charge in [-0.25, -0.2) is 4.98 Å². The zero-order valence-corrected chi connectivity index (χ0v) is 16.2. The van der Waals surface area contributed by atoms with Crippen LogP contribution in [0.4, 0.5) is 11.4 Å². The summed E-state index contributed by atoms with van der Waals surface area (Å²) < 4.78 is 1.20. The number of benzene rings is 2. The Morgan fingerprint density at radius 1 is 1.07 bits per heavy atom. The van der Waals surface area contributed by atoms with Crippen molar-refractivity contribution in [1.82, 2.24) is 10.3 Å². The van der Waals surface area contributed by atoms with E-state index in [1.54, 1.807) is 29.5 Å². The molecule has 0 bridgehead atoms. The summed E-state index contributed by atoms with van der Waals surface area (Å²) in [7, 11) is 0. The third-order valence-electron chi connectivity index (χ3n) is 4.25. The summed E-state index contributed by atoms with van der Waals surface area (Å²) in [5, 5.41) is 17.9. The number of nitrogens with one attached hydrogen (secondary N) is 2. The van der Waals surface area contributed by atoms with Crippen LogP contribution in [0.1, 0.15) is 24.3 Å². The van der Waals surface area contributed by atoms with Crippen LogP contribution >= 0.6 is 11.3 Å². The number of hydrogen-bond acceptors (Lipinski definition) is 6. The van der Waals surface area contributed by atoms with E-state index in [0.29, 0.717) is 25.2 Å². The lowest BCUT2D eigenvalue weighted by Gasteiger charge is -2.08. The zero-order chi connectivity index (χ0) is 19.8. The van der Waals surface area contributed by atoms with Crippen molar-refractivity contribution in [2.75, 3.05) is 18.4 Å². The normalized spacial score (nSPS) is 10.7. The average Bonchev–Trinajstić information content (AvgIpc) is 3.11. The summed E-state index contributed by atoms with van der Waals surface area (Å²) in [5.41, 5.74) is 1.52. The predicted octanol–water partition coefficient (Wildman–Crippen LogP) is 4.15. The van der Waals surface area contributed by atoms with Gasteiger partial charge in [-0.15, -0.1) is 11.3 Å². The van der Waals surface area contributed by atoms with Crippen LogP contribution in [0.2, 0.25) is 0 Å². The first-order valence-electron chi connectivity index (χ1n) is 9.22. The Balaban J connectivity index is 1.31. The van der Waals surface area contributed by atoms with Gasteiger partial charge in [0.15, 0.2) is 0 Å². The first-order valence-corrected chi connectivity index (χ1v) is 10.0. The van der Waals surface area contributed by atoms with Crippen LogP contribution in [0.15, 0.2) is 48.5 Å². The second-order valence-electron chi connectivity index (χ2n) is 6.33. The van der Waals surface area contributed by atoms with Gasteiger partial charge in [0, 0.05) is 25.6 Å². The molecule has 0 spiro atoms. The van der Waals surface area contributed by atoms with E-state index < -0.39 is 4.92 Å². The third kappa shape index (κ3) is 5.50. The highest BCUT2D eigenvalue weighted by atomic mass is 32.1. The summed E-state index contributed by atoms with van der Waals surface area (Å²) >= 11 is 1.71. The van der Waals surface area contributed by atoms with E-state index in [1.807, 2.05) is 18.2 Å². The number of rotatable bonds is 10. The molecule has 0 saturated carbocycles. The fraction of sp³-hybridized carbons (Fsp3) is 0.300. The molecule has 146 valence electrons. The molecule has 7 nitrogen and oxygen atoms in total. The summed E-state index contributed by atoms with van der Waals surface area (Å²) in [6.45, 7) is 0.852. The molecule has 3 rings (SSSR count). The molecule has 0 fully saturated rings. The molecule has 0 unspecified atom stereocenters.